The molecule has 0 bridgehead atoms. The van der Waals surface area contributed by atoms with Crippen LogP contribution in [0.5, 0.6) is 0 Å². The van der Waals surface area contributed by atoms with Gasteiger partial charge >= 0.3 is 5.97 Å². The maximum Gasteiger partial charge on any atom is 0.342 e. The predicted molar refractivity (Wildman–Crippen MR) is 147 cm³/mol. The molecule has 206 valence electrons. The van der Waals surface area contributed by atoms with Crippen LogP contribution >= 0.6 is 0 Å². The molecule has 0 amide bonds. The van der Waals surface area contributed by atoms with Crippen molar-refractivity contribution < 1.29 is 24.2 Å². The molecule has 0 aromatic rings. The Bertz CT molecular complexity index is 1210. The van der Waals surface area contributed by atoms with Crippen molar-refractivity contribution in [3.05, 3.63) is 46.3 Å². The molecule has 0 heterocycles. The maximum absolute atomic E-state index is 13.9. The third-order valence-electron chi connectivity index (χ3n) is 11.1. The second-order valence-corrected chi connectivity index (χ2v) is 13.7. The third-order valence-corrected chi connectivity index (χ3v) is 11.1. The molecule has 0 radical (unpaired) electrons. The van der Waals surface area contributed by atoms with Crippen LogP contribution in [0.25, 0.3) is 0 Å². The molecule has 5 heteroatoms. The van der Waals surface area contributed by atoms with Crippen LogP contribution in [0.4, 0.5) is 0 Å². The van der Waals surface area contributed by atoms with E-state index in [1.807, 2.05) is 19.9 Å². The van der Waals surface area contributed by atoms with E-state index < -0.39 is 23.5 Å². The van der Waals surface area contributed by atoms with Crippen molar-refractivity contribution in [1.29, 1.82) is 0 Å². The van der Waals surface area contributed by atoms with E-state index in [1.54, 1.807) is 0 Å². The van der Waals surface area contributed by atoms with Gasteiger partial charge in [-0.2, -0.15) is 0 Å². The number of carbonyl (C=O) groups is 3. The first-order valence-electron chi connectivity index (χ1n) is 14.6. The number of carbonyl (C=O) groups excluding carboxylic acids is 3. The van der Waals surface area contributed by atoms with Crippen LogP contribution < -0.4 is 0 Å². The van der Waals surface area contributed by atoms with E-state index in [-0.39, 0.29) is 57.2 Å². The van der Waals surface area contributed by atoms with Crippen molar-refractivity contribution in [2.45, 2.75) is 105 Å². The van der Waals surface area contributed by atoms with Crippen molar-refractivity contribution in [1.82, 2.24) is 0 Å². The summed E-state index contributed by atoms with van der Waals surface area (Å²) in [4.78, 5) is 41.0. The molecule has 6 atom stereocenters. The number of aliphatic hydroxyl groups excluding tert-OH is 1. The van der Waals surface area contributed by atoms with Gasteiger partial charge < -0.3 is 9.84 Å². The molecule has 0 aromatic heterocycles. The number of esters is 1. The highest BCUT2D eigenvalue weighted by molar-refractivity contribution is 6.51. The number of Topliss-reactive ketones (excluding diaryl/α,β-unsaturated/α-hetero) is 2. The van der Waals surface area contributed by atoms with Gasteiger partial charge in [-0.15, -0.1) is 0 Å². The van der Waals surface area contributed by atoms with E-state index in [1.165, 1.54) is 6.42 Å². The lowest BCUT2D eigenvalue weighted by atomic mass is 9.44. The predicted octanol–water partition coefficient (Wildman–Crippen LogP) is 7.13. The smallest absolute Gasteiger partial charge is 0.342 e. The second kappa shape index (κ2) is 9.06. The minimum absolute atomic E-state index is 0.0370. The Morgan fingerprint density at radius 2 is 1.89 bits per heavy atom. The molecule has 0 aliphatic heterocycles. The lowest BCUT2D eigenvalue weighted by Crippen LogP contribution is -2.57. The standard InChI is InChI=1S/C33H44O5/c1-8-9-10-11-22-26(30(37)38-24-15-20-16-33(20)31(5,6)17-32(24,33)7)28(35)25(29(36)27(22)34)23-14-19(4)12-13-21(23)18(2)3/h14,20-21,23-24,35H,2,8-13,15-17H2,1,3-7H3. The van der Waals surface area contributed by atoms with Gasteiger partial charge in [0.05, 0.1) is 5.57 Å². The van der Waals surface area contributed by atoms with Gasteiger partial charge in [-0.3, -0.25) is 9.59 Å². The summed E-state index contributed by atoms with van der Waals surface area (Å²) in [7, 11) is 0. The fourth-order valence-electron chi connectivity index (χ4n) is 9.31. The summed E-state index contributed by atoms with van der Waals surface area (Å²) in [5, 5.41) is 11.7. The zero-order chi connectivity index (χ0) is 27.8. The monoisotopic (exact) mass is 520 g/mol. The summed E-state index contributed by atoms with van der Waals surface area (Å²) in [5.41, 5.74) is 2.47. The Morgan fingerprint density at radius 3 is 2.50 bits per heavy atom. The summed E-state index contributed by atoms with van der Waals surface area (Å²) in [6.45, 7) is 17.0. The molecule has 1 spiro atoms. The van der Waals surface area contributed by atoms with Crippen LogP contribution in [0.2, 0.25) is 0 Å². The fourth-order valence-corrected chi connectivity index (χ4v) is 9.31. The first-order chi connectivity index (χ1) is 17.8. The molecule has 0 saturated heterocycles. The quantitative estimate of drug-likeness (QED) is 0.121. The highest BCUT2D eigenvalue weighted by Crippen LogP contribution is 2.88. The van der Waals surface area contributed by atoms with Gasteiger partial charge in [-0.1, -0.05) is 64.3 Å². The number of hydrogen-bond acceptors (Lipinski definition) is 5. The van der Waals surface area contributed by atoms with E-state index in [0.29, 0.717) is 12.3 Å². The molecule has 5 rings (SSSR count). The van der Waals surface area contributed by atoms with Crippen molar-refractivity contribution in [2.75, 3.05) is 0 Å². The topological polar surface area (TPSA) is 80.7 Å². The zero-order valence-electron chi connectivity index (χ0n) is 24.0. The molecule has 1 N–H and O–H groups in total. The molecule has 3 fully saturated rings. The molecule has 5 aliphatic rings. The van der Waals surface area contributed by atoms with Gasteiger partial charge in [-0.05, 0) is 81.5 Å². The van der Waals surface area contributed by atoms with Crippen LogP contribution in [-0.4, -0.2) is 28.7 Å². The van der Waals surface area contributed by atoms with Crippen LogP contribution in [0.3, 0.4) is 0 Å². The van der Waals surface area contributed by atoms with Crippen LogP contribution in [0.1, 0.15) is 99.3 Å². The number of ketones is 2. The molecule has 5 aliphatic carbocycles. The van der Waals surface area contributed by atoms with E-state index in [9.17, 15) is 19.5 Å². The summed E-state index contributed by atoms with van der Waals surface area (Å²) in [6.07, 6.45) is 9.15. The Kier molecular flexibility index (Phi) is 6.47. The summed E-state index contributed by atoms with van der Waals surface area (Å²) >= 11 is 0. The summed E-state index contributed by atoms with van der Waals surface area (Å²) in [6, 6.07) is 0. The van der Waals surface area contributed by atoms with Gasteiger partial charge in [0, 0.05) is 16.9 Å². The molecule has 3 saturated carbocycles. The number of aliphatic hydroxyl groups is 1. The van der Waals surface area contributed by atoms with Gasteiger partial charge in [0.1, 0.15) is 17.4 Å². The number of allylic oxidation sites excluding steroid dienone is 5. The van der Waals surface area contributed by atoms with Gasteiger partial charge in [0.15, 0.2) is 0 Å². The molecular formula is C33H44O5. The van der Waals surface area contributed by atoms with Crippen LogP contribution in [-0.2, 0) is 19.1 Å². The van der Waals surface area contributed by atoms with Crippen LogP contribution in [0, 0.1) is 34.0 Å². The van der Waals surface area contributed by atoms with Gasteiger partial charge in [-0.25, -0.2) is 4.79 Å². The van der Waals surface area contributed by atoms with Crippen molar-refractivity contribution in [3.8, 4) is 0 Å². The SMILES string of the molecule is C=C(C)C1CCC(C)=CC1C1=C(O)C(C(=O)OC2CC3CC34C(C)(C)CC24C)=C(CCCCC)C(=O)C1=O. The van der Waals surface area contributed by atoms with Crippen LogP contribution in [0.15, 0.2) is 46.3 Å². The zero-order valence-corrected chi connectivity index (χ0v) is 24.0. The highest BCUT2D eigenvalue weighted by Gasteiger charge is 2.84. The highest BCUT2D eigenvalue weighted by atomic mass is 16.5. The average molecular weight is 521 g/mol. The summed E-state index contributed by atoms with van der Waals surface area (Å²) in [5.74, 6) is -2.36. The number of ether oxygens (including phenoxy) is 1. The average Bonchev–Trinajstić information content (AvgIpc) is 3.56. The first kappa shape index (κ1) is 27.1. The van der Waals surface area contributed by atoms with Crippen molar-refractivity contribution in [3.63, 3.8) is 0 Å². The largest absolute Gasteiger partial charge is 0.507 e. The first-order valence-corrected chi connectivity index (χ1v) is 14.6. The van der Waals surface area contributed by atoms with E-state index in [0.717, 1.165) is 49.7 Å². The number of rotatable bonds is 8. The van der Waals surface area contributed by atoms with Gasteiger partial charge in [0.25, 0.3) is 0 Å². The lowest BCUT2D eigenvalue weighted by Gasteiger charge is -2.61. The van der Waals surface area contributed by atoms with Crippen molar-refractivity contribution >= 4 is 17.5 Å². The van der Waals surface area contributed by atoms with E-state index in [2.05, 4.69) is 34.3 Å². The Hall–Kier alpha value is -2.43. The minimum atomic E-state index is -0.693. The van der Waals surface area contributed by atoms with E-state index >= 15 is 0 Å². The normalized spacial score (nSPS) is 37.4. The molecular weight excluding hydrogens is 476 g/mol. The molecule has 6 unspecified atom stereocenters. The maximum atomic E-state index is 13.9. The number of hydrogen-bond donors (Lipinski definition) is 1. The summed E-state index contributed by atoms with van der Waals surface area (Å²) < 4.78 is 6.21. The van der Waals surface area contributed by atoms with E-state index in [4.69, 9.17) is 4.74 Å². The Labute approximate surface area is 227 Å². The fraction of sp³-hybridized carbons (Fsp3) is 0.667. The Morgan fingerprint density at radius 1 is 1.18 bits per heavy atom. The lowest BCUT2D eigenvalue weighted by molar-refractivity contribution is -0.184. The molecule has 5 nitrogen and oxygen atoms in total. The number of unbranched alkanes of at least 4 members (excludes halogenated alkanes) is 2. The minimum Gasteiger partial charge on any atom is -0.507 e. The Balaban J connectivity index is 1.53. The molecule has 38 heavy (non-hydrogen) atoms. The second-order valence-electron chi connectivity index (χ2n) is 13.7. The third kappa shape index (κ3) is 3.67. The molecule has 0 aromatic carbocycles. The van der Waals surface area contributed by atoms with Gasteiger partial charge in [0.2, 0.25) is 11.6 Å². The van der Waals surface area contributed by atoms with Crippen molar-refractivity contribution in [2.24, 2.45) is 34.0 Å².